The summed E-state index contributed by atoms with van der Waals surface area (Å²) in [6.07, 6.45) is 2.68. The number of benzene rings is 2. The van der Waals surface area contributed by atoms with Gasteiger partial charge in [0.25, 0.3) is 0 Å². The van der Waals surface area contributed by atoms with Crippen LogP contribution in [0.1, 0.15) is 12.8 Å². The molecule has 2 N–H and O–H groups in total. The lowest BCUT2D eigenvalue weighted by Gasteiger charge is -2.13. The highest BCUT2D eigenvalue weighted by Gasteiger charge is 2.20. The van der Waals surface area contributed by atoms with Crippen molar-refractivity contribution in [3.8, 4) is 5.75 Å². The third-order valence-electron chi connectivity index (χ3n) is 3.88. The molecule has 2 aromatic rings. The molecule has 0 heterocycles. The average molecular weight is 425 g/mol. The summed E-state index contributed by atoms with van der Waals surface area (Å²) >= 11 is 0. The van der Waals surface area contributed by atoms with Crippen LogP contribution in [0.4, 0.5) is 0 Å². The first-order valence-corrected chi connectivity index (χ1v) is 7.92. The van der Waals surface area contributed by atoms with Crippen molar-refractivity contribution in [2.24, 2.45) is 10.9 Å². The Hall–Kier alpha value is -1.50. The predicted molar refractivity (Wildman–Crippen MR) is 107 cm³/mol. The van der Waals surface area contributed by atoms with Crippen molar-refractivity contribution in [2.75, 3.05) is 26.7 Å². The van der Waals surface area contributed by atoms with Crippen LogP contribution in [-0.2, 0) is 0 Å². The Balaban J connectivity index is 0.00000192. The van der Waals surface area contributed by atoms with E-state index in [-0.39, 0.29) is 24.0 Å². The molecule has 0 aromatic heterocycles. The SMILES string of the molecule is CN=C(NCCOc1cccc2ccccc12)NCC1CC1.I. The van der Waals surface area contributed by atoms with Gasteiger partial charge in [0.15, 0.2) is 5.96 Å². The van der Waals surface area contributed by atoms with Crippen LogP contribution in [0.5, 0.6) is 5.75 Å². The second kappa shape index (κ2) is 8.96. The van der Waals surface area contributed by atoms with Crippen molar-refractivity contribution in [1.82, 2.24) is 10.6 Å². The summed E-state index contributed by atoms with van der Waals surface area (Å²) in [6, 6.07) is 14.4. The molecular weight excluding hydrogens is 401 g/mol. The fourth-order valence-corrected chi connectivity index (χ4v) is 2.44. The first kappa shape index (κ1) is 17.8. The molecule has 1 aliphatic rings. The molecule has 0 spiro atoms. The highest BCUT2D eigenvalue weighted by atomic mass is 127. The molecule has 0 aliphatic heterocycles. The second-order valence-corrected chi connectivity index (χ2v) is 5.65. The van der Waals surface area contributed by atoms with E-state index in [4.69, 9.17) is 4.74 Å². The Labute approximate surface area is 154 Å². The Kier molecular flexibility index (Phi) is 6.95. The molecule has 23 heavy (non-hydrogen) atoms. The molecular formula is C18H24IN3O. The molecule has 0 bridgehead atoms. The van der Waals surface area contributed by atoms with Crippen LogP contribution in [0.2, 0.25) is 0 Å². The molecule has 2 aromatic carbocycles. The van der Waals surface area contributed by atoms with E-state index in [0.717, 1.165) is 36.1 Å². The maximum absolute atomic E-state index is 5.91. The number of nitrogens with zero attached hydrogens (tertiary/aromatic N) is 1. The maximum atomic E-state index is 5.91. The summed E-state index contributed by atoms with van der Waals surface area (Å²) in [5.41, 5.74) is 0. The second-order valence-electron chi connectivity index (χ2n) is 5.65. The molecule has 124 valence electrons. The third-order valence-corrected chi connectivity index (χ3v) is 3.88. The van der Waals surface area contributed by atoms with Gasteiger partial charge in [0.2, 0.25) is 0 Å². The molecule has 0 amide bonds. The van der Waals surface area contributed by atoms with Gasteiger partial charge in [-0.15, -0.1) is 24.0 Å². The van der Waals surface area contributed by atoms with Gasteiger partial charge in [-0.1, -0.05) is 36.4 Å². The van der Waals surface area contributed by atoms with Gasteiger partial charge < -0.3 is 15.4 Å². The minimum absolute atomic E-state index is 0. The quantitative estimate of drug-likeness (QED) is 0.323. The number of fused-ring (bicyclic) bond motifs is 1. The van der Waals surface area contributed by atoms with Gasteiger partial charge in [-0.25, -0.2) is 0 Å². The predicted octanol–water partition coefficient (Wildman–Crippen LogP) is 3.41. The molecule has 3 rings (SSSR count). The Morgan fingerprint density at radius 1 is 1.13 bits per heavy atom. The molecule has 0 unspecified atom stereocenters. The molecule has 0 atom stereocenters. The van der Waals surface area contributed by atoms with Crippen LogP contribution in [0.25, 0.3) is 10.8 Å². The zero-order chi connectivity index (χ0) is 15.2. The lowest BCUT2D eigenvalue weighted by atomic mass is 10.1. The van der Waals surface area contributed by atoms with Crippen molar-refractivity contribution >= 4 is 40.7 Å². The first-order chi connectivity index (χ1) is 10.9. The summed E-state index contributed by atoms with van der Waals surface area (Å²) < 4.78 is 5.91. The molecule has 4 nitrogen and oxygen atoms in total. The maximum Gasteiger partial charge on any atom is 0.191 e. The van der Waals surface area contributed by atoms with Crippen LogP contribution in [0.3, 0.4) is 0 Å². The average Bonchev–Trinajstić information content (AvgIpc) is 3.38. The smallest absolute Gasteiger partial charge is 0.191 e. The fraction of sp³-hybridized carbons (Fsp3) is 0.389. The molecule has 1 aliphatic carbocycles. The van der Waals surface area contributed by atoms with E-state index < -0.39 is 0 Å². The number of nitrogens with one attached hydrogen (secondary N) is 2. The third kappa shape index (κ3) is 5.27. The largest absolute Gasteiger partial charge is 0.491 e. The zero-order valence-corrected chi connectivity index (χ0v) is 15.7. The van der Waals surface area contributed by atoms with Crippen molar-refractivity contribution in [3.05, 3.63) is 42.5 Å². The van der Waals surface area contributed by atoms with Crippen molar-refractivity contribution in [2.45, 2.75) is 12.8 Å². The standard InChI is InChI=1S/C18H23N3O.HI/c1-19-18(21-13-14-9-10-14)20-11-12-22-17-8-4-6-15-5-2-3-7-16(15)17;/h2-8,14H,9-13H2,1H3,(H2,19,20,21);1H. The van der Waals surface area contributed by atoms with Crippen LogP contribution < -0.4 is 15.4 Å². The number of hydrogen-bond donors (Lipinski definition) is 2. The summed E-state index contributed by atoms with van der Waals surface area (Å²) in [6.45, 7) is 2.36. The van der Waals surface area contributed by atoms with E-state index in [1.807, 2.05) is 24.3 Å². The van der Waals surface area contributed by atoms with Crippen LogP contribution >= 0.6 is 24.0 Å². The molecule has 1 saturated carbocycles. The molecule has 5 heteroatoms. The summed E-state index contributed by atoms with van der Waals surface area (Å²) in [4.78, 5) is 4.22. The first-order valence-electron chi connectivity index (χ1n) is 7.92. The zero-order valence-electron chi connectivity index (χ0n) is 13.4. The highest BCUT2D eigenvalue weighted by molar-refractivity contribution is 14.0. The summed E-state index contributed by atoms with van der Waals surface area (Å²) in [5.74, 6) is 2.62. The van der Waals surface area contributed by atoms with Crippen molar-refractivity contribution in [1.29, 1.82) is 0 Å². The van der Waals surface area contributed by atoms with Crippen molar-refractivity contribution < 1.29 is 4.74 Å². The lowest BCUT2D eigenvalue weighted by Crippen LogP contribution is -2.40. The fourth-order valence-electron chi connectivity index (χ4n) is 2.44. The van der Waals surface area contributed by atoms with Gasteiger partial charge in [0.05, 0.1) is 6.54 Å². The van der Waals surface area contributed by atoms with Gasteiger partial charge in [-0.2, -0.15) is 0 Å². The number of rotatable bonds is 6. The minimum Gasteiger partial charge on any atom is -0.491 e. The van der Waals surface area contributed by atoms with Gasteiger partial charge in [-0.3, -0.25) is 4.99 Å². The van der Waals surface area contributed by atoms with E-state index in [1.54, 1.807) is 7.05 Å². The van der Waals surface area contributed by atoms with E-state index in [1.165, 1.54) is 18.2 Å². The van der Waals surface area contributed by atoms with Crippen LogP contribution in [0.15, 0.2) is 47.5 Å². The number of ether oxygens (including phenoxy) is 1. The topological polar surface area (TPSA) is 45.7 Å². The number of aliphatic imine (C=N–C) groups is 1. The molecule has 1 fully saturated rings. The van der Waals surface area contributed by atoms with Crippen LogP contribution in [-0.4, -0.2) is 32.7 Å². The van der Waals surface area contributed by atoms with Crippen molar-refractivity contribution in [3.63, 3.8) is 0 Å². The van der Waals surface area contributed by atoms with Gasteiger partial charge in [-0.05, 0) is 30.2 Å². The Bertz CT molecular complexity index is 650. The van der Waals surface area contributed by atoms with Crippen LogP contribution in [0, 0.1) is 5.92 Å². The highest BCUT2D eigenvalue weighted by Crippen LogP contribution is 2.27. The van der Waals surface area contributed by atoms with Gasteiger partial charge in [0.1, 0.15) is 12.4 Å². The number of guanidine groups is 1. The van der Waals surface area contributed by atoms with E-state index in [9.17, 15) is 0 Å². The van der Waals surface area contributed by atoms with Gasteiger partial charge >= 0.3 is 0 Å². The summed E-state index contributed by atoms with van der Waals surface area (Å²) in [7, 11) is 1.80. The Morgan fingerprint density at radius 3 is 2.70 bits per heavy atom. The lowest BCUT2D eigenvalue weighted by molar-refractivity contribution is 0.325. The molecule has 0 radical (unpaired) electrons. The number of hydrogen-bond acceptors (Lipinski definition) is 2. The summed E-state index contributed by atoms with van der Waals surface area (Å²) in [5, 5.41) is 8.99. The monoisotopic (exact) mass is 425 g/mol. The minimum atomic E-state index is 0. The number of halogens is 1. The normalized spacial score (nSPS) is 14.2. The van der Waals surface area contributed by atoms with E-state index in [2.05, 4.69) is 33.8 Å². The molecule has 0 saturated heterocycles. The van der Waals surface area contributed by atoms with E-state index >= 15 is 0 Å². The van der Waals surface area contributed by atoms with E-state index in [0.29, 0.717) is 6.61 Å². The Morgan fingerprint density at radius 2 is 1.91 bits per heavy atom. The van der Waals surface area contributed by atoms with Gasteiger partial charge in [0, 0.05) is 19.0 Å².